The first kappa shape index (κ1) is 13.3. The average molecular weight is 273 g/mol. The van der Waals surface area contributed by atoms with Gasteiger partial charge in [-0.3, -0.25) is 0 Å². The van der Waals surface area contributed by atoms with Crippen LogP contribution >= 0.6 is 0 Å². The molecule has 0 heterocycles. The van der Waals surface area contributed by atoms with Crippen molar-refractivity contribution in [2.24, 2.45) is 0 Å². The molecule has 1 aliphatic rings. The molecule has 1 aliphatic carbocycles. The summed E-state index contributed by atoms with van der Waals surface area (Å²) in [6, 6.07) is 10.6. The second kappa shape index (κ2) is 5.33. The molecule has 2 aromatic carbocycles. The van der Waals surface area contributed by atoms with Crippen molar-refractivity contribution in [1.82, 2.24) is 5.32 Å². The molecular weight excluding hydrogens is 256 g/mol. The summed E-state index contributed by atoms with van der Waals surface area (Å²) in [4.78, 5) is 0. The molecule has 3 heteroatoms. The van der Waals surface area contributed by atoms with Crippen LogP contribution in [0.15, 0.2) is 36.4 Å². The van der Waals surface area contributed by atoms with Crippen molar-refractivity contribution >= 4 is 0 Å². The first-order valence-corrected chi connectivity index (χ1v) is 6.92. The van der Waals surface area contributed by atoms with E-state index < -0.39 is 0 Å². The molecular formula is C17H17F2N. The van der Waals surface area contributed by atoms with Crippen LogP contribution in [-0.4, -0.2) is 6.04 Å². The predicted molar refractivity (Wildman–Crippen MR) is 76.4 cm³/mol. The lowest BCUT2D eigenvalue weighted by Gasteiger charge is -2.08. The van der Waals surface area contributed by atoms with Crippen LogP contribution in [0.4, 0.5) is 8.78 Å². The Balaban J connectivity index is 1.82. The summed E-state index contributed by atoms with van der Waals surface area (Å²) in [6.45, 7) is 2.27. The van der Waals surface area contributed by atoms with Gasteiger partial charge < -0.3 is 5.32 Å². The molecule has 1 nitrogen and oxygen atoms in total. The van der Waals surface area contributed by atoms with E-state index in [9.17, 15) is 8.78 Å². The fraction of sp³-hybridized carbons (Fsp3) is 0.294. The second-order valence-corrected chi connectivity index (χ2v) is 5.43. The van der Waals surface area contributed by atoms with Crippen molar-refractivity contribution < 1.29 is 8.78 Å². The van der Waals surface area contributed by atoms with Gasteiger partial charge in [0.2, 0.25) is 0 Å². The van der Waals surface area contributed by atoms with Gasteiger partial charge in [0.25, 0.3) is 0 Å². The maximum absolute atomic E-state index is 14.1. The normalized spacial score (nSPS) is 14.6. The maximum atomic E-state index is 14.1. The van der Waals surface area contributed by atoms with Gasteiger partial charge in [0, 0.05) is 18.2 Å². The van der Waals surface area contributed by atoms with Crippen LogP contribution in [0.1, 0.15) is 24.0 Å². The van der Waals surface area contributed by atoms with Gasteiger partial charge in [-0.15, -0.1) is 0 Å². The third kappa shape index (κ3) is 2.88. The molecule has 3 rings (SSSR count). The quantitative estimate of drug-likeness (QED) is 0.880. The second-order valence-electron chi connectivity index (χ2n) is 5.43. The third-order valence-electron chi connectivity index (χ3n) is 3.72. The number of nitrogens with one attached hydrogen (secondary N) is 1. The van der Waals surface area contributed by atoms with Crippen molar-refractivity contribution in [3.05, 3.63) is 59.2 Å². The van der Waals surface area contributed by atoms with Crippen molar-refractivity contribution in [2.75, 3.05) is 0 Å². The van der Waals surface area contributed by atoms with Crippen molar-refractivity contribution in [2.45, 2.75) is 32.4 Å². The fourth-order valence-electron chi connectivity index (χ4n) is 2.18. The topological polar surface area (TPSA) is 12.0 Å². The minimum absolute atomic E-state index is 0.239. The summed E-state index contributed by atoms with van der Waals surface area (Å²) in [5, 5.41) is 3.29. The van der Waals surface area contributed by atoms with E-state index in [0.717, 1.165) is 0 Å². The summed E-state index contributed by atoms with van der Waals surface area (Å²) >= 11 is 0. The SMILES string of the molecule is Cc1ccc(-c2ccc(CNC3CC3)c(F)c2)cc1F. The lowest BCUT2D eigenvalue weighted by atomic mass is 10.0. The molecule has 0 bridgehead atoms. The minimum Gasteiger partial charge on any atom is -0.310 e. The molecule has 2 aromatic rings. The van der Waals surface area contributed by atoms with Crippen LogP contribution < -0.4 is 5.32 Å². The molecule has 104 valence electrons. The number of hydrogen-bond donors (Lipinski definition) is 1. The Bertz CT molecular complexity index is 633. The molecule has 0 atom stereocenters. The largest absolute Gasteiger partial charge is 0.310 e. The summed E-state index contributed by atoms with van der Waals surface area (Å²) < 4.78 is 27.6. The van der Waals surface area contributed by atoms with Gasteiger partial charge in [0.1, 0.15) is 11.6 Å². The van der Waals surface area contributed by atoms with Gasteiger partial charge in [-0.05, 0) is 48.6 Å². The first-order valence-electron chi connectivity index (χ1n) is 6.92. The highest BCUT2D eigenvalue weighted by molar-refractivity contribution is 5.64. The van der Waals surface area contributed by atoms with Crippen LogP contribution in [0.5, 0.6) is 0 Å². The Kier molecular flexibility index (Phi) is 3.53. The van der Waals surface area contributed by atoms with E-state index in [1.165, 1.54) is 25.0 Å². The lowest BCUT2D eigenvalue weighted by Crippen LogP contribution is -2.16. The van der Waals surface area contributed by atoms with E-state index in [0.29, 0.717) is 34.8 Å². The van der Waals surface area contributed by atoms with Crippen LogP contribution in [0.2, 0.25) is 0 Å². The number of halogens is 2. The van der Waals surface area contributed by atoms with Gasteiger partial charge in [0.05, 0.1) is 0 Å². The Labute approximate surface area is 117 Å². The van der Waals surface area contributed by atoms with Crippen LogP contribution in [-0.2, 0) is 6.54 Å². The lowest BCUT2D eigenvalue weighted by molar-refractivity contribution is 0.587. The Morgan fingerprint density at radius 2 is 1.65 bits per heavy atom. The van der Waals surface area contributed by atoms with E-state index >= 15 is 0 Å². The standard InChI is InChI=1S/C17H17F2N/c1-11-2-3-12(8-16(11)18)13-4-5-14(17(19)9-13)10-20-15-6-7-15/h2-5,8-9,15,20H,6-7,10H2,1H3. The average Bonchev–Trinajstić information content (AvgIpc) is 3.24. The van der Waals surface area contributed by atoms with Crippen molar-refractivity contribution in [3.63, 3.8) is 0 Å². The minimum atomic E-state index is -0.262. The smallest absolute Gasteiger partial charge is 0.128 e. The number of hydrogen-bond acceptors (Lipinski definition) is 1. The molecule has 0 saturated heterocycles. The molecule has 0 spiro atoms. The summed E-state index contributed by atoms with van der Waals surface area (Å²) in [5.74, 6) is -0.501. The molecule has 1 fully saturated rings. The number of aryl methyl sites for hydroxylation is 1. The highest BCUT2D eigenvalue weighted by Gasteiger charge is 2.20. The third-order valence-corrected chi connectivity index (χ3v) is 3.72. The van der Waals surface area contributed by atoms with E-state index in [2.05, 4.69) is 5.32 Å². The predicted octanol–water partition coefficient (Wildman–Crippen LogP) is 4.19. The van der Waals surface area contributed by atoms with Crippen LogP contribution in [0.3, 0.4) is 0 Å². The molecule has 20 heavy (non-hydrogen) atoms. The van der Waals surface area contributed by atoms with E-state index in [1.54, 1.807) is 19.1 Å². The molecule has 1 saturated carbocycles. The number of rotatable bonds is 4. The molecule has 0 aliphatic heterocycles. The summed E-state index contributed by atoms with van der Waals surface area (Å²) in [6.07, 6.45) is 2.37. The highest BCUT2D eigenvalue weighted by Crippen LogP contribution is 2.25. The first-order chi connectivity index (χ1) is 9.63. The van der Waals surface area contributed by atoms with Gasteiger partial charge in [-0.25, -0.2) is 8.78 Å². The van der Waals surface area contributed by atoms with E-state index in [-0.39, 0.29) is 11.6 Å². The van der Waals surface area contributed by atoms with E-state index in [1.807, 2.05) is 12.1 Å². The van der Waals surface area contributed by atoms with Gasteiger partial charge >= 0.3 is 0 Å². The fourth-order valence-corrected chi connectivity index (χ4v) is 2.18. The maximum Gasteiger partial charge on any atom is 0.128 e. The van der Waals surface area contributed by atoms with Gasteiger partial charge in [-0.2, -0.15) is 0 Å². The van der Waals surface area contributed by atoms with Gasteiger partial charge in [-0.1, -0.05) is 24.3 Å². The van der Waals surface area contributed by atoms with Gasteiger partial charge in [0.15, 0.2) is 0 Å². The molecule has 0 amide bonds. The zero-order valence-electron chi connectivity index (χ0n) is 11.4. The summed E-state index contributed by atoms with van der Waals surface area (Å²) in [5.41, 5.74) is 2.66. The monoisotopic (exact) mass is 273 g/mol. The Morgan fingerprint density at radius 1 is 1.00 bits per heavy atom. The van der Waals surface area contributed by atoms with Crippen LogP contribution in [0, 0.1) is 18.6 Å². The Morgan fingerprint density at radius 3 is 2.25 bits per heavy atom. The molecule has 0 unspecified atom stereocenters. The van der Waals surface area contributed by atoms with Crippen molar-refractivity contribution in [3.8, 4) is 11.1 Å². The van der Waals surface area contributed by atoms with Crippen LogP contribution in [0.25, 0.3) is 11.1 Å². The molecule has 1 N–H and O–H groups in total. The van der Waals surface area contributed by atoms with E-state index in [4.69, 9.17) is 0 Å². The zero-order valence-corrected chi connectivity index (χ0v) is 11.4. The Hall–Kier alpha value is -1.74. The zero-order chi connectivity index (χ0) is 14.1. The van der Waals surface area contributed by atoms with Crippen molar-refractivity contribution in [1.29, 1.82) is 0 Å². The number of benzene rings is 2. The molecule has 0 radical (unpaired) electrons. The highest BCUT2D eigenvalue weighted by atomic mass is 19.1. The molecule has 0 aromatic heterocycles. The summed E-state index contributed by atoms with van der Waals surface area (Å²) in [7, 11) is 0.